The number of benzene rings is 3. The molecule has 0 N–H and O–H groups in total. The fourth-order valence-corrected chi connectivity index (χ4v) is 3.48. The van der Waals surface area contributed by atoms with Crippen molar-refractivity contribution in [2.75, 3.05) is 0 Å². The lowest BCUT2D eigenvalue weighted by Gasteiger charge is -2.10. The van der Waals surface area contributed by atoms with Crippen LogP contribution in [-0.4, -0.2) is 0 Å². The summed E-state index contributed by atoms with van der Waals surface area (Å²) in [6.07, 6.45) is 0.743. The van der Waals surface area contributed by atoms with Crippen LogP contribution in [0, 0.1) is 0 Å². The zero-order chi connectivity index (χ0) is 17.8. The summed E-state index contributed by atoms with van der Waals surface area (Å²) in [6, 6.07) is 30.6. The Morgan fingerprint density at radius 2 is 1.08 bits per heavy atom. The molecular formula is C23H17N3. The predicted octanol–water partition coefficient (Wildman–Crippen LogP) is 6.72. The molecule has 0 heterocycles. The normalized spacial score (nSPS) is 13.7. The van der Waals surface area contributed by atoms with Gasteiger partial charge in [-0.2, -0.15) is 0 Å². The maximum atomic E-state index is 9.21. The van der Waals surface area contributed by atoms with E-state index >= 15 is 0 Å². The first kappa shape index (κ1) is 15.9. The van der Waals surface area contributed by atoms with E-state index in [1.807, 2.05) is 54.6 Å². The van der Waals surface area contributed by atoms with Crippen LogP contribution >= 0.6 is 0 Å². The lowest BCUT2D eigenvalue weighted by atomic mass is 9.95. The van der Waals surface area contributed by atoms with Crippen LogP contribution in [-0.2, 0) is 0 Å². The Labute approximate surface area is 152 Å². The highest BCUT2D eigenvalue weighted by Gasteiger charge is 2.26. The van der Waals surface area contributed by atoms with Gasteiger partial charge in [0.15, 0.2) is 0 Å². The molecule has 0 spiro atoms. The molecule has 3 heteroatoms. The fourth-order valence-electron chi connectivity index (χ4n) is 3.48. The van der Waals surface area contributed by atoms with E-state index in [4.69, 9.17) is 0 Å². The molecule has 0 bridgehead atoms. The summed E-state index contributed by atoms with van der Waals surface area (Å²) in [4.78, 5) is 3.13. The third kappa shape index (κ3) is 2.92. The Hall–Kier alpha value is -3.55. The summed E-state index contributed by atoms with van der Waals surface area (Å²) in [7, 11) is 0. The van der Waals surface area contributed by atoms with Gasteiger partial charge < -0.3 is 0 Å². The van der Waals surface area contributed by atoms with E-state index in [1.54, 1.807) is 0 Å². The summed E-state index contributed by atoms with van der Waals surface area (Å²) in [5.41, 5.74) is 16.5. The minimum absolute atomic E-state index is 0.726. The first-order valence-electron chi connectivity index (χ1n) is 8.56. The van der Waals surface area contributed by atoms with Gasteiger partial charge in [0.2, 0.25) is 0 Å². The second kappa shape index (κ2) is 7.14. The Morgan fingerprint density at radius 3 is 1.58 bits per heavy atom. The minimum Gasteiger partial charge on any atom is -0.0622 e. The van der Waals surface area contributed by atoms with Gasteiger partial charge in [-0.1, -0.05) is 96.1 Å². The Balaban J connectivity index is 1.97. The van der Waals surface area contributed by atoms with Crippen LogP contribution in [0.1, 0.15) is 23.1 Å². The van der Waals surface area contributed by atoms with Gasteiger partial charge in [-0.25, -0.2) is 0 Å². The van der Waals surface area contributed by atoms with Gasteiger partial charge in [0.25, 0.3) is 0 Å². The zero-order valence-electron chi connectivity index (χ0n) is 14.2. The van der Waals surface area contributed by atoms with Crippen LogP contribution in [0.4, 0.5) is 0 Å². The summed E-state index contributed by atoms with van der Waals surface area (Å²) < 4.78 is 0. The first-order valence-corrected chi connectivity index (χ1v) is 8.56. The van der Waals surface area contributed by atoms with Crippen LogP contribution in [0.3, 0.4) is 0 Å². The van der Waals surface area contributed by atoms with Crippen molar-refractivity contribution in [3.05, 3.63) is 124 Å². The largest absolute Gasteiger partial charge is 0.0622 e. The topological polar surface area (TPSA) is 48.8 Å². The molecule has 0 aliphatic heterocycles. The third-order valence-electron chi connectivity index (χ3n) is 4.63. The van der Waals surface area contributed by atoms with Gasteiger partial charge in [0, 0.05) is 10.6 Å². The standard InChI is InChI=1S/C23H17N3/c24-26-25-23-21(18-12-6-2-7-13-18)16-20(17-10-4-1-5-11-17)22(23)19-14-8-3-9-15-19/h1-15H,16H2. The second-order valence-electron chi connectivity index (χ2n) is 6.15. The molecule has 3 aromatic carbocycles. The van der Waals surface area contributed by atoms with Crippen molar-refractivity contribution in [2.45, 2.75) is 6.42 Å². The van der Waals surface area contributed by atoms with Crippen molar-refractivity contribution in [2.24, 2.45) is 5.11 Å². The average molecular weight is 335 g/mol. The van der Waals surface area contributed by atoms with Crippen LogP contribution in [0.25, 0.3) is 27.2 Å². The Kier molecular flexibility index (Phi) is 4.38. The number of hydrogen-bond donors (Lipinski definition) is 0. The van der Waals surface area contributed by atoms with Crippen molar-refractivity contribution < 1.29 is 0 Å². The minimum atomic E-state index is 0.726. The molecular weight excluding hydrogens is 318 g/mol. The number of nitrogens with zero attached hydrogens (tertiary/aromatic N) is 3. The SMILES string of the molecule is [N-]=[N+]=NC1=C(c2ccccc2)CC(c2ccccc2)=C1c1ccccc1. The third-order valence-corrected chi connectivity index (χ3v) is 4.63. The smallest absolute Gasteiger partial charge is 0.0498 e. The Bertz CT molecular complexity index is 1030. The van der Waals surface area contributed by atoms with Crippen molar-refractivity contribution >= 4 is 16.7 Å². The van der Waals surface area contributed by atoms with E-state index in [2.05, 4.69) is 46.4 Å². The molecule has 0 unspecified atom stereocenters. The van der Waals surface area contributed by atoms with Gasteiger partial charge in [0.1, 0.15) is 0 Å². The van der Waals surface area contributed by atoms with E-state index in [0.29, 0.717) is 0 Å². The highest BCUT2D eigenvalue weighted by molar-refractivity contribution is 6.09. The van der Waals surface area contributed by atoms with Gasteiger partial charge in [0.05, 0.1) is 0 Å². The van der Waals surface area contributed by atoms with Crippen molar-refractivity contribution in [3.63, 3.8) is 0 Å². The monoisotopic (exact) mass is 335 g/mol. The highest BCUT2D eigenvalue weighted by Crippen LogP contribution is 2.47. The molecule has 0 fully saturated rings. The number of hydrogen-bond acceptors (Lipinski definition) is 1. The van der Waals surface area contributed by atoms with Gasteiger partial charge in [-0.3, -0.25) is 0 Å². The van der Waals surface area contributed by atoms with Crippen molar-refractivity contribution in [1.82, 2.24) is 0 Å². The van der Waals surface area contributed by atoms with Crippen molar-refractivity contribution in [1.29, 1.82) is 0 Å². The fraction of sp³-hybridized carbons (Fsp3) is 0.0435. The molecule has 4 rings (SSSR count). The number of allylic oxidation sites excluding steroid dienone is 3. The van der Waals surface area contributed by atoms with Crippen LogP contribution < -0.4 is 0 Å². The number of azide groups is 1. The van der Waals surface area contributed by atoms with Crippen LogP contribution in [0.2, 0.25) is 0 Å². The van der Waals surface area contributed by atoms with Crippen LogP contribution in [0.15, 0.2) is 102 Å². The Morgan fingerprint density at radius 1 is 0.615 bits per heavy atom. The predicted molar refractivity (Wildman–Crippen MR) is 107 cm³/mol. The summed E-state index contributed by atoms with van der Waals surface area (Å²) in [5, 5.41) is 4.12. The lowest BCUT2D eigenvalue weighted by Crippen LogP contribution is -1.89. The van der Waals surface area contributed by atoms with E-state index in [0.717, 1.165) is 40.0 Å². The van der Waals surface area contributed by atoms with E-state index in [9.17, 15) is 5.53 Å². The van der Waals surface area contributed by atoms with Crippen LogP contribution in [0.5, 0.6) is 0 Å². The van der Waals surface area contributed by atoms with E-state index < -0.39 is 0 Å². The molecule has 26 heavy (non-hydrogen) atoms. The average Bonchev–Trinajstić information content (AvgIpc) is 3.10. The molecule has 124 valence electrons. The van der Waals surface area contributed by atoms with E-state index in [-0.39, 0.29) is 0 Å². The molecule has 0 atom stereocenters. The molecule has 0 saturated heterocycles. The maximum Gasteiger partial charge on any atom is 0.0498 e. The molecule has 0 radical (unpaired) electrons. The molecule has 1 aliphatic carbocycles. The second-order valence-corrected chi connectivity index (χ2v) is 6.15. The molecule has 1 aliphatic rings. The quantitative estimate of drug-likeness (QED) is 0.288. The van der Waals surface area contributed by atoms with Gasteiger partial charge in [-0.05, 0) is 45.4 Å². The van der Waals surface area contributed by atoms with Crippen molar-refractivity contribution in [3.8, 4) is 0 Å². The molecule has 0 aromatic heterocycles. The highest BCUT2D eigenvalue weighted by atomic mass is 15.1. The number of rotatable bonds is 4. The molecule has 3 nitrogen and oxygen atoms in total. The summed E-state index contributed by atoms with van der Waals surface area (Å²) >= 11 is 0. The summed E-state index contributed by atoms with van der Waals surface area (Å²) in [6.45, 7) is 0. The van der Waals surface area contributed by atoms with Gasteiger partial charge in [-0.15, -0.1) is 0 Å². The maximum absolute atomic E-state index is 9.21. The first-order chi connectivity index (χ1) is 12.9. The summed E-state index contributed by atoms with van der Waals surface area (Å²) in [5.74, 6) is 0. The molecule has 3 aromatic rings. The molecule has 0 saturated carbocycles. The zero-order valence-corrected chi connectivity index (χ0v) is 14.2. The van der Waals surface area contributed by atoms with E-state index in [1.165, 1.54) is 5.57 Å². The van der Waals surface area contributed by atoms with Gasteiger partial charge >= 0.3 is 0 Å². The lowest BCUT2D eigenvalue weighted by molar-refractivity contribution is 1.35. The molecule has 0 amide bonds.